The van der Waals surface area contributed by atoms with E-state index < -0.39 is 0 Å². The molecule has 3 aromatic rings. The van der Waals surface area contributed by atoms with Gasteiger partial charge in [-0.25, -0.2) is 0 Å². The van der Waals surface area contributed by atoms with Gasteiger partial charge >= 0.3 is 0 Å². The SMILES string of the molecule is CCC1CSC2=NC(c3ccccn3)C(c3cc(C)n(-c4cccc(C)c4)c3C)N21. The van der Waals surface area contributed by atoms with Gasteiger partial charge in [0.05, 0.1) is 11.7 Å². The zero-order valence-electron chi connectivity index (χ0n) is 18.0. The lowest BCUT2D eigenvalue weighted by Gasteiger charge is -2.32. The van der Waals surface area contributed by atoms with Gasteiger partial charge in [0, 0.05) is 35.1 Å². The van der Waals surface area contributed by atoms with E-state index in [2.05, 4.69) is 79.6 Å². The Labute approximate surface area is 183 Å². The van der Waals surface area contributed by atoms with E-state index in [1.54, 1.807) is 0 Å². The molecule has 4 heterocycles. The van der Waals surface area contributed by atoms with Gasteiger partial charge < -0.3 is 9.47 Å². The third-order valence-electron chi connectivity index (χ3n) is 6.38. The average molecular weight is 417 g/mol. The molecule has 0 radical (unpaired) electrons. The van der Waals surface area contributed by atoms with E-state index in [-0.39, 0.29) is 12.1 Å². The molecule has 0 amide bonds. The molecule has 3 atom stereocenters. The zero-order chi connectivity index (χ0) is 20.8. The average Bonchev–Trinajstić information content (AvgIpc) is 3.40. The summed E-state index contributed by atoms with van der Waals surface area (Å²) in [6.07, 6.45) is 3.02. The second-order valence-corrected chi connectivity index (χ2v) is 9.32. The molecule has 0 N–H and O–H groups in total. The zero-order valence-corrected chi connectivity index (χ0v) is 18.9. The van der Waals surface area contributed by atoms with E-state index in [4.69, 9.17) is 9.98 Å². The molecule has 0 spiro atoms. The van der Waals surface area contributed by atoms with Crippen molar-refractivity contribution in [2.75, 3.05) is 5.75 Å². The van der Waals surface area contributed by atoms with Crippen LogP contribution in [0.25, 0.3) is 5.69 Å². The number of rotatable bonds is 4. The van der Waals surface area contributed by atoms with Crippen LogP contribution in [0.3, 0.4) is 0 Å². The topological polar surface area (TPSA) is 33.4 Å². The fourth-order valence-electron chi connectivity index (χ4n) is 4.94. The molecule has 0 saturated carbocycles. The Morgan fingerprint density at radius 3 is 2.67 bits per heavy atom. The number of aryl methyl sites for hydroxylation is 2. The molecule has 5 heteroatoms. The molecule has 30 heavy (non-hydrogen) atoms. The van der Waals surface area contributed by atoms with Crippen molar-refractivity contribution in [3.8, 4) is 5.69 Å². The second kappa shape index (κ2) is 7.62. The van der Waals surface area contributed by atoms with Crippen LogP contribution in [0.1, 0.15) is 53.6 Å². The van der Waals surface area contributed by atoms with Crippen molar-refractivity contribution >= 4 is 16.9 Å². The summed E-state index contributed by atoms with van der Waals surface area (Å²) in [5.41, 5.74) is 7.49. The van der Waals surface area contributed by atoms with Crippen LogP contribution in [-0.2, 0) is 0 Å². The minimum Gasteiger partial charge on any atom is -0.338 e. The van der Waals surface area contributed by atoms with Crippen LogP contribution in [0.4, 0.5) is 0 Å². The summed E-state index contributed by atoms with van der Waals surface area (Å²) in [5.74, 6) is 1.12. The molecule has 2 aliphatic rings. The van der Waals surface area contributed by atoms with E-state index in [1.165, 1.54) is 33.4 Å². The van der Waals surface area contributed by atoms with Gasteiger partial charge in [0.25, 0.3) is 0 Å². The Morgan fingerprint density at radius 2 is 1.93 bits per heavy atom. The van der Waals surface area contributed by atoms with Gasteiger partial charge in [-0.3, -0.25) is 9.98 Å². The first-order valence-electron chi connectivity index (χ1n) is 10.7. The summed E-state index contributed by atoms with van der Waals surface area (Å²) in [6.45, 7) is 8.90. The number of nitrogens with zero attached hydrogens (tertiary/aromatic N) is 4. The summed E-state index contributed by atoms with van der Waals surface area (Å²) < 4.78 is 2.39. The Hall–Kier alpha value is -2.53. The largest absolute Gasteiger partial charge is 0.338 e. The molecule has 1 saturated heterocycles. The van der Waals surface area contributed by atoms with Crippen molar-refractivity contribution in [3.05, 3.63) is 82.9 Å². The van der Waals surface area contributed by atoms with Gasteiger partial charge in [-0.05, 0) is 68.7 Å². The Bertz CT molecular complexity index is 1100. The molecular formula is C25H28N4S. The summed E-state index contributed by atoms with van der Waals surface area (Å²) in [7, 11) is 0. The predicted octanol–water partition coefficient (Wildman–Crippen LogP) is 5.78. The number of aromatic nitrogens is 2. The Balaban J connectivity index is 1.64. The number of hydrogen-bond acceptors (Lipinski definition) is 4. The number of amidine groups is 1. The summed E-state index contributed by atoms with van der Waals surface area (Å²) in [4.78, 5) is 12.4. The lowest BCUT2D eigenvalue weighted by Crippen LogP contribution is -2.35. The molecule has 0 bridgehead atoms. The summed E-state index contributed by atoms with van der Waals surface area (Å²) in [6, 6.07) is 18.0. The standard InChI is InChI=1S/C25H28N4S/c1-5-19-15-30-25-27-23(22-11-6-7-12-26-22)24(29(19)25)21-14-17(3)28(18(21)4)20-10-8-9-16(2)13-20/h6-14,19,23-24H,5,15H2,1-4H3. The van der Waals surface area contributed by atoms with Crippen molar-refractivity contribution < 1.29 is 0 Å². The maximum atomic E-state index is 5.18. The molecule has 3 unspecified atom stereocenters. The first-order valence-corrected chi connectivity index (χ1v) is 11.7. The lowest BCUT2D eigenvalue weighted by molar-refractivity contribution is 0.254. The fourth-order valence-corrected chi connectivity index (χ4v) is 6.28. The van der Waals surface area contributed by atoms with Gasteiger partial charge in [0.1, 0.15) is 6.04 Å². The van der Waals surface area contributed by atoms with Crippen molar-refractivity contribution in [2.24, 2.45) is 4.99 Å². The highest BCUT2D eigenvalue weighted by Crippen LogP contribution is 2.49. The quantitative estimate of drug-likeness (QED) is 0.541. The normalized spacial score (nSPS) is 23.0. The maximum Gasteiger partial charge on any atom is 0.160 e. The monoisotopic (exact) mass is 416 g/mol. The molecule has 4 nitrogen and oxygen atoms in total. The highest BCUT2D eigenvalue weighted by atomic mass is 32.2. The Morgan fingerprint density at radius 1 is 1.07 bits per heavy atom. The van der Waals surface area contributed by atoms with Gasteiger partial charge in [0.2, 0.25) is 0 Å². The molecule has 0 aliphatic carbocycles. The Kier molecular flexibility index (Phi) is 4.94. The molecule has 1 fully saturated rings. The van der Waals surface area contributed by atoms with E-state index in [9.17, 15) is 0 Å². The third kappa shape index (κ3) is 3.07. The third-order valence-corrected chi connectivity index (χ3v) is 7.50. The fraction of sp³-hybridized carbons (Fsp3) is 0.360. The highest BCUT2D eigenvalue weighted by Gasteiger charge is 2.46. The molecule has 5 rings (SSSR count). The number of pyridine rings is 1. The second-order valence-electron chi connectivity index (χ2n) is 8.34. The van der Waals surface area contributed by atoms with Gasteiger partial charge in [-0.2, -0.15) is 0 Å². The molecule has 2 aliphatic heterocycles. The van der Waals surface area contributed by atoms with E-state index in [1.807, 2.05) is 24.0 Å². The van der Waals surface area contributed by atoms with Crippen LogP contribution in [0.2, 0.25) is 0 Å². The van der Waals surface area contributed by atoms with Crippen LogP contribution in [0.15, 0.2) is 59.7 Å². The molecule has 2 aromatic heterocycles. The number of fused-ring (bicyclic) bond motifs is 1. The summed E-state index contributed by atoms with van der Waals surface area (Å²) >= 11 is 1.90. The van der Waals surface area contributed by atoms with Crippen LogP contribution in [0.5, 0.6) is 0 Å². The van der Waals surface area contributed by atoms with Crippen LogP contribution in [0, 0.1) is 20.8 Å². The van der Waals surface area contributed by atoms with Crippen LogP contribution >= 0.6 is 11.8 Å². The van der Waals surface area contributed by atoms with Gasteiger partial charge in [-0.1, -0.05) is 36.9 Å². The van der Waals surface area contributed by atoms with Crippen molar-refractivity contribution in [3.63, 3.8) is 0 Å². The predicted molar refractivity (Wildman–Crippen MR) is 126 cm³/mol. The number of thioether (sulfide) groups is 1. The smallest absolute Gasteiger partial charge is 0.160 e. The van der Waals surface area contributed by atoms with Gasteiger partial charge in [-0.15, -0.1) is 0 Å². The van der Waals surface area contributed by atoms with Crippen molar-refractivity contribution in [1.29, 1.82) is 0 Å². The van der Waals surface area contributed by atoms with Gasteiger partial charge in [0.15, 0.2) is 5.17 Å². The number of aliphatic imine (C=N–C) groups is 1. The minimum atomic E-state index is 0.0366. The number of benzene rings is 1. The van der Waals surface area contributed by atoms with Crippen LogP contribution < -0.4 is 0 Å². The highest BCUT2D eigenvalue weighted by molar-refractivity contribution is 8.14. The van der Waals surface area contributed by atoms with E-state index in [0.29, 0.717) is 6.04 Å². The minimum absolute atomic E-state index is 0.0366. The first-order chi connectivity index (χ1) is 14.6. The molecule has 1 aromatic carbocycles. The maximum absolute atomic E-state index is 5.18. The van der Waals surface area contributed by atoms with E-state index in [0.717, 1.165) is 17.9 Å². The van der Waals surface area contributed by atoms with Crippen molar-refractivity contribution in [2.45, 2.75) is 52.2 Å². The molecule has 154 valence electrons. The van der Waals surface area contributed by atoms with Crippen molar-refractivity contribution in [1.82, 2.24) is 14.5 Å². The number of hydrogen-bond donors (Lipinski definition) is 0. The van der Waals surface area contributed by atoms with Crippen LogP contribution in [-0.4, -0.2) is 31.4 Å². The first kappa shape index (κ1) is 19.4. The van der Waals surface area contributed by atoms with E-state index >= 15 is 0 Å². The molecular weight excluding hydrogens is 388 g/mol. The lowest BCUT2D eigenvalue weighted by atomic mass is 9.95. The summed E-state index contributed by atoms with van der Waals surface area (Å²) in [5, 5.41) is 1.18.